The van der Waals surface area contributed by atoms with Crippen molar-refractivity contribution in [3.63, 3.8) is 0 Å². The standard InChI is InChI=1S/C7H4N4/c8-3-6-1-2-11(5-10)7(6)4-9/h1-2H2. The van der Waals surface area contributed by atoms with Crippen LogP contribution in [-0.2, 0) is 0 Å². The van der Waals surface area contributed by atoms with Gasteiger partial charge in [-0.05, 0) is 0 Å². The predicted molar refractivity (Wildman–Crippen MR) is 35.2 cm³/mol. The van der Waals surface area contributed by atoms with Crippen LogP contribution in [0.1, 0.15) is 6.42 Å². The second-order valence-corrected chi connectivity index (χ2v) is 2.05. The fourth-order valence-electron chi connectivity index (χ4n) is 0.953. The van der Waals surface area contributed by atoms with Crippen molar-refractivity contribution in [2.75, 3.05) is 6.54 Å². The highest BCUT2D eigenvalue weighted by molar-refractivity contribution is 5.40. The third kappa shape index (κ3) is 1.000. The summed E-state index contributed by atoms with van der Waals surface area (Å²) in [7, 11) is 0. The van der Waals surface area contributed by atoms with E-state index in [-0.39, 0.29) is 5.70 Å². The van der Waals surface area contributed by atoms with Gasteiger partial charge in [0.25, 0.3) is 0 Å². The number of hydrogen-bond acceptors (Lipinski definition) is 4. The molecule has 0 aromatic carbocycles. The molecule has 0 unspecified atom stereocenters. The first-order valence-electron chi connectivity index (χ1n) is 3.04. The molecule has 11 heavy (non-hydrogen) atoms. The van der Waals surface area contributed by atoms with E-state index in [1.54, 1.807) is 0 Å². The summed E-state index contributed by atoms with van der Waals surface area (Å²) in [6.45, 7) is 0.461. The Morgan fingerprint density at radius 1 is 1.18 bits per heavy atom. The second kappa shape index (κ2) is 2.73. The van der Waals surface area contributed by atoms with Crippen molar-refractivity contribution >= 4 is 0 Å². The molecule has 0 N–H and O–H groups in total. The lowest BCUT2D eigenvalue weighted by Gasteiger charge is -2.02. The van der Waals surface area contributed by atoms with Gasteiger partial charge in [0, 0.05) is 13.0 Å². The molecule has 1 rings (SSSR count). The zero-order valence-electron chi connectivity index (χ0n) is 5.70. The summed E-state index contributed by atoms with van der Waals surface area (Å²) in [5.41, 5.74) is 0.615. The molecule has 0 saturated carbocycles. The summed E-state index contributed by atoms with van der Waals surface area (Å²) in [6.07, 6.45) is 2.34. The summed E-state index contributed by atoms with van der Waals surface area (Å²) < 4.78 is 0. The Balaban J connectivity index is 3.04. The van der Waals surface area contributed by atoms with E-state index < -0.39 is 0 Å². The van der Waals surface area contributed by atoms with Gasteiger partial charge in [-0.1, -0.05) is 0 Å². The Hall–Kier alpha value is -1.99. The number of nitriles is 3. The van der Waals surface area contributed by atoms with E-state index >= 15 is 0 Å². The molecular weight excluding hydrogens is 140 g/mol. The van der Waals surface area contributed by atoms with Crippen molar-refractivity contribution in [3.05, 3.63) is 11.3 Å². The average molecular weight is 144 g/mol. The molecule has 0 saturated heterocycles. The van der Waals surface area contributed by atoms with E-state index in [0.29, 0.717) is 18.5 Å². The number of allylic oxidation sites excluding steroid dienone is 1. The van der Waals surface area contributed by atoms with E-state index in [0.717, 1.165) is 0 Å². The van der Waals surface area contributed by atoms with Crippen LogP contribution in [0.4, 0.5) is 0 Å². The first-order valence-corrected chi connectivity index (χ1v) is 3.04. The lowest BCUT2D eigenvalue weighted by atomic mass is 10.2. The largest absolute Gasteiger partial charge is 0.269 e. The summed E-state index contributed by atoms with van der Waals surface area (Å²) in [6, 6.07) is 3.72. The van der Waals surface area contributed by atoms with Crippen LogP contribution in [0.15, 0.2) is 11.3 Å². The van der Waals surface area contributed by atoms with Gasteiger partial charge in [0.2, 0.25) is 0 Å². The molecule has 1 heterocycles. The first-order chi connectivity index (χ1) is 5.33. The minimum Gasteiger partial charge on any atom is -0.269 e. The molecule has 0 aliphatic carbocycles. The first kappa shape index (κ1) is 7.12. The van der Waals surface area contributed by atoms with Crippen LogP contribution in [0.2, 0.25) is 0 Å². The molecular formula is C7H4N4. The fourth-order valence-corrected chi connectivity index (χ4v) is 0.953. The van der Waals surface area contributed by atoms with Crippen LogP contribution in [-0.4, -0.2) is 11.4 Å². The third-order valence-corrected chi connectivity index (χ3v) is 1.50. The number of nitrogens with zero attached hydrogens (tertiary/aromatic N) is 4. The van der Waals surface area contributed by atoms with Gasteiger partial charge in [-0.25, -0.2) is 0 Å². The predicted octanol–water partition coefficient (Wildman–Crippen LogP) is 0.474. The monoisotopic (exact) mass is 144 g/mol. The molecule has 0 radical (unpaired) electrons. The van der Waals surface area contributed by atoms with Gasteiger partial charge in [-0.2, -0.15) is 15.8 Å². The molecule has 0 fully saturated rings. The van der Waals surface area contributed by atoms with E-state index in [9.17, 15) is 0 Å². The molecule has 0 aromatic rings. The van der Waals surface area contributed by atoms with E-state index in [1.807, 2.05) is 18.3 Å². The van der Waals surface area contributed by atoms with Gasteiger partial charge in [0.15, 0.2) is 6.19 Å². The lowest BCUT2D eigenvalue weighted by Crippen LogP contribution is -2.10. The van der Waals surface area contributed by atoms with Gasteiger partial charge >= 0.3 is 0 Å². The highest BCUT2D eigenvalue weighted by Crippen LogP contribution is 2.19. The Morgan fingerprint density at radius 3 is 2.36 bits per heavy atom. The summed E-state index contributed by atoms with van der Waals surface area (Å²) in [5.74, 6) is 0. The Kier molecular flexibility index (Phi) is 1.77. The molecule has 4 nitrogen and oxygen atoms in total. The molecule has 0 bridgehead atoms. The Bertz CT molecular complexity index is 320. The summed E-state index contributed by atoms with van der Waals surface area (Å²) in [4.78, 5) is 1.23. The van der Waals surface area contributed by atoms with Crippen molar-refractivity contribution in [3.8, 4) is 18.3 Å². The van der Waals surface area contributed by atoms with Crippen LogP contribution in [0, 0.1) is 34.1 Å². The molecule has 0 amide bonds. The molecule has 4 heteroatoms. The molecule has 0 atom stereocenters. The van der Waals surface area contributed by atoms with E-state index in [2.05, 4.69) is 0 Å². The maximum atomic E-state index is 8.52. The van der Waals surface area contributed by atoms with Crippen molar-refractivity contribution in [2.24, 2.45) is 0 Å². The van der Waals surface area contributed by atoms with Crippen molar-refractivity contribution < 1.29 is 0 Å². The minimum atomic E-state index is 0.204. The van der Waals surface area contributed by atoms with Crippen molar-refractivity contribution in [2.45, 2.75) is 6.42 Å². The van der Waals surface area contributed by atoms with Gasteiger partial charge in [0.1, 0.15) is 11.8 Å². The average Bonchev–Trinajstić information content (AvgIpc) is 2.45. The molecule has 1 aliphatic rings. The minimum absolute atomic E-state index is 0.204. The maximum Gasteiger partial charge on any atom is 0.184 e. The molecule has 52 valence electrons. The smallest absolute Gasteiger partial charge is 0.184 e. The molecule has 0 aromatic heterocycles. The van der Waals surface area contributed by atoms with Gasteiger partial charge in [0.05, 0.1) is 11.6 Å². The zero-order valence-corrected chi connectivity index (χ0v) is 5.70. The van der Waals surface area contributed by atoms with Gasteiger partial charge in [-0.15, -0.1) is 0 Å². The second-order valence-electron chi connectivity index (χ2n) is 2.05. The third-order valence-electron chi connectivity index (χ3n) is 1.50. The maximum absolute atomic E-state index is 8.52. The number of rotatable bonds is 0. The van der Waals surface area contributed by atoms with E-state index in [4.69, 9.17) is 15.8 Å². The number of hydrogen-bond donors (Lipinski definition) is 0. The van der Waals surface area contributed by atoms with Crippen LogP contribution >= 0.6 is 0 Å². The zero-order chi connectivity index (χ0) is 8.27. The highest BCUT2D eigenvalue weighted by Gasteiger charge is 2.21. The van der Waals surface area contributed by atoms with Crippen LogP contribution in [0.5, 0.6) is 0 Å². The Morgan fingerprint density at radius 2 is 1.91 bits per heavy atom. The fraction of sp³-hybridized carbons (Fsp3) is 0.286. The molecule has 1 aliphatic heterocycles. The summed E-state index contributed by atoms with van der Waals surface area (Å²) in [5, 5.41) is 25.5. The van der Waals surface area contributed by atoms with Crippen molar-refractivity contribution in [1.29, 1.82) is 15.8 Å². The SMILES string of the molecule is N#CC1=C(C#N)N(C#N)CC1. The quantitative estimate of drug-likeness (QED) is 0.463. The Labute approximate surface area is 64.2 Å². The van der Waals surface area contributed by atoms with Gasteiger partial charge in [-0.3, -0.25) is 4.90 Å². The van der Waals surface area contributed by atoms with E-state index in [1.165, 1.54) is 4.90 Å². The topological polar surface area (TPSA) is 74.6 Å². The molecule has 0 spiro atoms. The van der Waals surface area contributed by atoms with Crippen molar-refractivity contribution in [1.82, 2.24) is 4.90 Å². The van der Waals surface area contributed by atoms with Crippen LogP contribution < -0.4 is 0 Å². The highest BCUT2D eigenvalue weighted by atomic mass is 15.1. The summed E-state index contributed by atoms with van der Waals surface area (Å²) >= 11 is 0. The van der Waals surface area contributed by atoms with Gasteiger partial charge < -0.3 is 0 Å². The van der Waals surface area contributed by atoms with Crippen LogP contribution in [0.3, 0.4) is 0 Å². The lowest BCUT2D eigenvalue weighted by molar-refractivity contribution is 0.545. The van der Waals surface area contributed by atoms with Crippen LogP contribution in [0.25, 0.3) is 0 Å². The normalized spacial score (nSPS) is 15.5.